The summed E-state index contributed by atoms with van der Waals surface area (Å²) >= 11 is 1.06. The highest BCUT2D eigenvalue weighted by molar-refractivity contribution is 8.01. The molecule has 0 aromatic carbocycles. The highest BCUT2D eigenvalue weighted by Crippen LogP contribution is 2.10. The van der Waals surface area contributed by atoms with E-state index >= 15 is 0 Å². The van der Waals surface area contributed by atoms with Gasteiger partial charge in [0.25, 0.3) is 0 Å². The number of carboxylic acids is 1. The Labute approximate surface area is 75.3 Å². The molecule has 5 heteroatoms. The van der Waals surface area contributed by atoms with E-state index in [2.05, 4.69) is 4.74 Å². The van der Waals surface area contributed by atoms with E-state index in [1.54, 1.807) is 6.92 Å². The molecule has 0 aromatic heterocycles. The van der Waals surface area contributed by atoms with Crippen molar-refractivity contribution < 1.29 is 19.4 Å². The molecule has 4 nitrogen and oxygen atoms in total. The predicted molar refractivity (Wildman–Crippen MR) is 46.2 cm³/mol. The highest BCUT2D eigenvalue weighted by Gasteiger charge is 2.13. The third kappa shape index (κ3) is 5.01. The van der Waals surface area contributed by atoms with Crippen LogP contribution in [-0.4, -0.2) is 34.7 Å². The Kier molecular flexibility index (Phi) is 5.53. The zero-order valence-corrected chi connectivity index (χ0v) is 7.89. The normalized spacial score (nSPS) is 12.2. The lowest BCUT2D eigenvalue weighted by Crippen LogP contribution is -2.16. The van der Waals surface area contributed by atoms with Crippen molar-refractivity contribution in [1.82, 2.24) is 0 Å². The Morgan fingerprint density at radius 3 is 2.58 bits per heavy atom. The average molecular weight is 192 g/mol. The molecule has 0 aliphatic heterocycles. The summed E-state index contributed by atoms with van der Waals surface area (Å²) in [5, 5.41) is 7.89. The number of carbonyl (C=O) groups excluding carboxylic acids is 1. The Morgan fingerprint density at radius 1 is 1.58 bits per heavy atom. The first-order chi connectivity index (χ1) is 5.57. The van der Waals surface area contributed by atoms with Gasteiger partial charge in [0.05, 0.1) is 17.6 Å². The standard InChI is InChI=1S/C7H12O4S/c1-3-11-6(8)4-12-5(2)7(9)10/h5H,3-4H2,1-2H3,(H,9,10). The summed E-state index contributed by atoms with van der Waals surface area (Å²) in [4.78, 5) is 21.0. The number of thioether (sulfide) groups is 1. The molecular formula is C7H12O4S. The van der Waals surface area contributed by atoms with E-state index in [0.29, 0.717) is 6.61 Å². The van der Waals surface area contributed by atoms with Crippen molar-refractivity contribution >= 4 is 23.7 Å². The smallest absolute Gasteiger partial charge is 0.316 e. The van der Waals surface area contributed by atoms with Gasteiger partial charge >= 0.3 is 11.9 Å². The molecule has 0 heterocycles. The first-order valence-corrected chi connectivity index (χ1v) is 4.62. The zero-order chi connectivity index (χ0) is 9.56. The minimum absolute atomic E-state index is 0.0985. The van der Waals surface area contributed by atoms with E-state index in [9.17, 15) is 9.59 Å². The second-order valence-corrected chi connectivity index (χ2v) is 3.43. The second kappa shape index (κ2) is 5.88. The van der Waals surface area contributed by atoms with Crippen molar-refractivity contribution in [3.05, 3.63) is 0 Å². The molecule has 0 aliphatic carbocycles. The minimum atomic E-state index is -0.913. The van der Waals surface area contributed by atoms with E-state index in [0.717, 1.165) is 11.8 Å². The van der Waals surface area contributed by atoms with Crippen LogP contribution in [0.5, 0.6) is 0 Å². The number of hydrogen-bond donors (Lipinski definition) is 1. The molecule has 0 radical (unpaired) electrons. The van der Waals surface area contributed by atoms with Gasteiger partial charge in [-0.15, -0.1) is 11.8 Å². The molecule has 0 spiro atoms. The quantitative estimate of drug-likeness (QED) is 0.651. The molecule has 0 saturated carbocycles. The summed E-state index contributed by atoms with van der Waals surface area (Å²) in [5.74, 6) is -1.18. The maximum atomic E-state index is 10.7. The minimum Gasteiger partial charge on any atom is -0.480 e. The fourth-order valence-corrected chi connectivity index (χ4v) is 1.08. The van der Waals surface area contributed by atoms with Gasteiger partial charge in [0, 0.05) is 0 Å². The molecule has 1 N–H and O–H groups in total. The predicted octanol–water partition coefficient (Wildman–Crippen LogP) is 0.756. The van der Waals surface area contributed by atoms with Crippen molar-refractivity contribution in [2.75, 3.05) is 12.4 Å². The fraction of sp³-hybridized carbons (Fsp3) is 0.714. The van der Waals surface area contributed by atoms with Crippen molar-refractivity contribution in [3.8, 4) is 0 Å². The number of rotatable bonds is 5. The number of esters is 1. The SMILES string of the molecule is CCOC(=O)CSC(C)C(=O)O. The van der Waals surface area contributed by atoms with Crippen LogP contribution in [0.15, 0.2) is 0 Å². The van der Waals surface area contributed by atoms with Crippen LogP contribution in [-0.2, 0) is 14.3 Å². The monoisotopic (exact) mass is 192 g/mol. The number of aliphatic carboxylic acids is 1. The zero-order valence-electron chi connectivity index (χ0n) is 7.07. The number of carboxylic acid groups (broad SMARTS) is 1. The van der Waals surface area contributed by atoms with Gasteiger partial charge < -0.3 is 9.84 Å². The summed E-state index contributed by atoms with van der Waals surface area (Å²) in [6, 6.07) is 0. The summed E-state index contributed by atoms with van der Waals surface area (Å²) in [6.07, 6.45) is 0. The molecule has 0 rings (SSSR count). The van der Waals surface area contributed by atoms with Crippen LogP contribution in [0.4, 0.5) is 0 Å². The van der Waals surface area contributed by atoms with Gasteiger partial charge in [-0.1, -0.05) is 0 Å². The summed E-state index contributed by atoms with van der Waals surface area (Å²) in [7, 11) is 0. The van der Waals surface area contributed by atoms with Crippen LogP contribution >= 0.6 is 11.8 Å². The maximum absolute atomic E-state index is 10.7. The third-order valence-electron chi connectivity index (χ3n) is 1.10. The van der Waals surface area contributed by atoms with Gasteiger partial charge in [0.15, 0.2) is 0 Å². The molecule has 0 saturated heterocycles. The van der Waals surface area contributed by atoms with Crippen LogP contribution < -0.4 is 0 Å². The molecule has 0 aromatic rings. The second-order valence-electron chi connectivity index (χ2n) is 2.10. The number of hydrogen-bond acceptors (Lipinski definition) is 4. The third-order valence-corrected chi connectivity index (χ3v) is 2.21. The molecule has 1 atom stereocenters. The largest absolute Gasteiger partial charge is 0.480 e. The average Bonchev–Trinajstić information content (AvgIpc) is 2.00. The van der Waals surface area contributed by atoms with E-state index in [1.165, 1.54) is 6.92 Å². The number of ether oxygens (including phenoxy) is 1. The molecule has 0 amide bonds. The van der Waals surface area contributed by atoms with Crippen molar-refractivity contribution in [2.45, 2.75) is 19.1 Å². The van der Waals surface area contributed by atoms with Crippen LogP contribution in [0.3, 0.4) is 0 Å². The lowest BCUT2D eigenvalue weighted by Gasteiger charge is -2.04. The van der Waals surface area contributed by atoms with E-state index in [-0.39, 0.29) is 11.7 Å². The Morgan fingerprint density at radius 2 is 2.17 bits per heavy atom. The van der Waals surface area contributed by atoms with Crippen molar-refractivity contribution in [1.29, 1.82) is 0 Å². The Hall–Kier alpha value is -0.710. The topological polar surface area (TPSA) is 63.6 Å². The lowest BCUT2D eigenvalue weighted by atomic mass is 10.5. The summed E-state index contributed by atoms with van der Waals surface area (Å²) in [6.45, 7) is 3.58. The van der Waals surface area contributed by atoms with E-state index in [1.807, 2.05) is 0 Å². The Balaban J connectivity index is 3.54. The van der Waals surface area contributed by atoms with Crippen LogP contribution in [0.2, 0.25) is 0 Å². The van der Waals surface area contributed by atoms with E-state index < -0.39 is 11.2 Å². The highest BCUT2D eigenvalue weighted by atomic mass is 32.2. The fourth-order valence-electron chi connectivity index (χ4n) is 0.467. The molecule has 70 valence electrons. The van der Waals surface area contributed by atoms with Crippen molar-refractivity contribution in [2.24, 2.45) is 0 Å². The van der Waals surface area contributed by atoms with Gasteiger partial charge in [0.1, 0.15) is 0 Å². The molecular weight excluding hydrogens is 180 g/mol. The van der Waals surface area contributed by atoms with Gasteiger partial charge in [-0.25, -0.2) is 0 Å². The van der Waals surface area contributed by atoms with Crippen LogP contribution in [0, 0.1) is 0 Å². The van der Waals surface area contributed by atoms with Crippen molar-refractivity contribution in [3.63, 3.8) is 0 Å². The molecule has 0 bridgehead atoms. The first-order valence-electron chi connectivity index (χ1n) is 3.58. The van der Waals surface area contributed by atoms with Gasteiger partial charge in [-0.2, -0.15) is 0 Å². The first kappa shape index (κ1) is 11.3. The van der Waals surface area contributed by atoms with Crippen LogP contribution in [0.1, 0.15) is 13.8 Å². The Bertz CT molecular complexity index is 169. The van der Waals surface area contributed by atoms with Gasteiger partial charge in [0.2, 0.25) is 0 Å². The number of carbonyl (C=O) groups is 2. The maximum Gasteiger partial charge on any atom is 0.316 e. The lowest BCUT2D eigenvalue weighted by molar-refractivity contribution is -0.139. The summed E-state index contributed by atoms with van der Waals surface area (Å²) in [5.41, 5.74) is 0. The van der Waals surface area contributed by atoms with Gasteiger partial charge in [-0.3, -0.25) is 9.59 Å². The molecule has 12 heavy (non-hydrogen) atoms. The molecule has 0 aliphatic rings. The molecule has 1 unspecified atom stereocenters. The van der Waals surface area contributed by atoms with E-state index in [4.69, 9.17) is 5.11 Å². The summed E-state index contributed by atoms with van der Waals surface area (Å²) < 4.78 is 4.62. The van der Waals surface area contributed by atoms with Gasteiger partial charge in [-0.05, 0) is 13.8 Å². The van der Waals surface area contributed by atoms with Crippen LogP contribution in [0.25, 0.3) is 0 Å². The molecule has 0 fully saturated rings.